The fraction of sp³-hybridized carbons (Fsp3) is 0.760. The summed E-state index contributed by atoms with van der Waals surface area (Å²) in [5.74, 6) is 0.151. The molecule has 1 N–H and O–H groups in total. The predicted molar refractivity (Wildman–Crippen MR) is 112 cm³/mol. The fourth-order valence-corrected chi connectivity index (χ4v) is 8.10. The number of hydrogen-bond acceptors (Lipinski definition) is 3. The van der Waals surface area contributed by atoms with Gasteiger partial charge in [0.1, 0.15) is 6.10 Å². The molecule has 0 aromatic rings. The van der Waals surface area contributed by atoms with E-state index in [1.807, 2.05) is 13.8 Å². The van der Waals surface area contributed by atoms with Crippen molar-refractivity contribution in [1.82, 2.24) is 0 Å². The summed E-state index contributed by atoms with van der Waals surface area (Å²) in [7, 11) is 0. The van der Waals surface area contributed by atoms with E-state index in [0.717, 1.165) is 56.9 Å². The normalized spacial score (nSPS) is 46.6. The van der Waals surface area contributed by atoms with E-state index in [9.17, 15) is 14.7 Å². The van der Waals surface area contributed by atoms with Gasteiger partial charge in [-0.15, -0.1) is 0 Å². The van der Waals surface area contributed by atoms with Gasteiger partial charge < -0.3 is 9.84 Å². The first kappa shape index (κ1) is 20.7. The average molecular weight is 401 g/mol. The first-order valence-electron chi connectivity index (χ1n) is 11.4. The van der Waals surface area contributed by atoms with Crippen LogP contribution in [0.15, 0.2) is 23.8 Å². The molecule has 4 fully saturated rings. The standard InChI is InChI=1S/C25H36O4/c1-6-15(2)21(26)29-20-16(3)17-8-9-19-23(4)11-7-12-24(5,22(27)28)18(23)10-13-25(19,20)14-17/h6,17-20H,3,7-14H2,1-2,4-5H3,(H,27,28)/b15-6-/t17-,18+,19-,20+,23+,24+,25+/m0/s1. The molecule has 4 heteroatoms. The van der Waals surface area contributed by atoms with Crippen molar-refractivity contribution in [3.63, 3.8) is 0 Å². The summed E-state index contributed by atoms with van der Waals surface area (Å²) in [6.45, 7) is 12.4. The maximum Gasteiger partial charge on any atom is 0.333 e. The number of aliphatic carboxylic acids is 1. The lowest BCUT2D eigenvalue weighted by molar-refractivity contribution is -0.195. The molecule has 2 bridgehead atoms. The molecule has 0 radical (unpaired) electrons. The Labute approximate surface area is 174 Å². The van der Waals surface area contributed by atoms with Crippen LogP contribution >= 0.6 is 0 Å². The number of carboxylic acid groups (broad SMARTS) is 1. The van der Waals surface area contributed by atoms with Crippen molar-refractivity contribution in [1.29, 1.82) is 0 Å². The summed E-state index contributed by atoms with van der Waals surface area (Å²) in [5.41, 5.74) is 1.02. The molecule has 4 aliphatic carbocycles. The number of hydrogen-bond donors (Lipinski definition) is 1. The molecule has 0 amide bonds. The topological polar surface area (TPSA) is 63.6 Å². The molecule has 0 saturated heterocycles. The minimum atomic E-state index is -0.644. The summed E-state index contributed by atoms with van der Waals surface area (Å²) in [5, 5.41) is 10.1. The molecule has 4 nitrogen and oxygen atoms in total. The van der Waals surface area contributed by atoms with Gasteiger partial charge in [0.05, 0.1) is 5.41 Å². The van der Waals surface area contributed by atoms with Crippen LogP contribution in [0.25, 0.3) is 0 Å². The largest absolute Gasteiger partial charge is 0.481 e. The zero-order valence-corrected chi connectivity index (χ0v) is 18.4. The number of fused-ring (bicyclic) bond motifs is 3. The first-order chi connectivity index (χ1) is 13.6. The molecular formula is C25H36O4. The molecule has 4 saturated carbocycles. The molecule has 0 aliphatic heterocycles. The van der Waals surface area contributed by atoms with E-state index in [4.69, 9.17) is 4.74 Å². The van der Waals surface area contributed by atoms with Crippen molar-refractivity contribution >= 4 is 11.9 Å². The van der Waals surface area contributed by atoms with Crippen LogP contribution in [0.5, 0.6) is 0 Å². The quantitative estimate of drug-likeness (QED) is 0.384. The van der Waals surface area contributed by atoms with E-state index in [1.54, 1.807) is 13.0 Å². The van der Waals surface area contributed by atoms with Crippen LogP contribution in [0.1, 0.15) is 79.1 Å². The van der Waals surface area contributed by atoms with E-state index in [-0.39, 0.29) is 28.8 Å². The molecule has 1 spiro atoms. The van der Waals surface area contributed by atoms with Gasteiger partial charge in [-0.1, -0.05) is 26.0 Å². The van der Waals surface area contributed by atoms with Crippen LogP contribution in [-0.2, 0) is 14.3 Å². The molecule has 160 valence electrons. The van der Waals surface area contributed by atoms with E-state index in [0.29, 0.717) is 17.4 Å². The smallest absolute Gasteiger partial charge is 0.333 e. The van der Waals surface area contributed by atoms with Gasteiger partial charge in [-0.25, -0.2) is 4.79 Å². The van der Waals surface area contributed by atoms with Crippen molar-refractivity contribution in [2.24, 2.45) is 34.0 Å². The Morgan fingerprint density at radius 3 is 2.52 bits per heavy atom. The molecule has 0 aromatic heterocycles. The Morgan fingerprint density at radius 2 is 1.86 bits per heavy atom. The zero-order chi connectivity index (χ0) is 21.2. The maximum absolute atomic E-state index is 12.7. The Bertz CT molecular complexity index is 782. The van der Waals surface area contributed by atoms with Crippen LogP contribution in [-0.4, -0.2) is 23.1 Å². The second-order valence-electron chi connectivity index (χ2n) is 10.8. The van der Waals surface area contributed by atoms with Crippen molar-refractivity contribution in [2.45, 2.75) is 85.2 Å². The second-order valence-corrected chi connectivity index (χ2v) is 10.8. The summed E-state index contributed by atoms with van der Waals surface area (Å²) in [6.07, 6.45) is 9.50. The lowest BCUT2D eigenvalue weighted by Crippen LogP contribution is -2.60. The van der Waals surface area contributed by atoms with Crippen LogP contribution in [0.4, 0.5) is 0 Å². The number of esters is 1. The predicted octanol–water partition coefficient (Wildman–Crippen LogP) is 5.53. The van der Waals surface area contributed by atoms with Gasteiger partial charge in [0.2, 0.25) is 0 Å². The van der Waals surface area contributed by atoms with Crippen molar-refractivity contribution < 1.29 is 19.4 Å². The molecule has 29 heavy (non-hydrogen) atoms. The van der Waals surface area contributed by atoms with Crippen LogP contribution in [0, 0.1) is 34.0 Å². The van der Waals surface area contributed by atoms with Gasteiger partial charge in [-0.3, -0.25) is 4.79 Å². The number of allylic oxidation sites excluding steroid dienone is 1. The Morgan fingerprint density at radius 1 is 1.14 bits per heavy atom. The minimum Gasteiger partial charge on any atom is -0.481 e. The number of rotatable bonds is 3. The van der Waals surface area contributed by atoms with Gasteiger partial charge >= 0.3 is 11.9 Å². The number of ether oxygens (including phenoxy) is 1. The SMILES string of the molecule is C=C1[C@H]2CC[C@H]3[C@]4(C)CCC[C@@](C)(C(=O)O)[C@@H]4CC[C@]3(C2)[C@@H]1OC(=O)/C(C)=C\C. The summed E-state index contributed by atoms with van der Waals surface area (Å²) in [6, 6.07) is 0. The zero-order valence-electron chi connectivity index (χ0n) is 18.4. The highest BCUT2D eigenvalue weighted by atomic mass is 16.5. The molecular weight excluding hydrogens is 364 g/mol. The highest BCUT2D eigenvalue weighted by Crippen LogP contribution is 2.72. The Balaban J connectivity index is 1.73. The van der Waals surface area contributed by atoms with Crippen LogP contribution in [0.2, 0.25) is 0 Å². The van der Waals surface area contributed by atoms with Gasteiger partial charge in [0.15, 0.2) is 0 Å². The monoisotopic (exact) mass is 400 g/mol. The van der Waals surface area contributed by atoms with Crippen molar-refractivity contribution in [3.05, 3.63) is 23.8 Å². The van der Waals surface area contributed by atoms with Gasteiger partial charge in [0.25, 0.3) is 0 Å². The maximum atomic E-state index is 12.7. The lowest BCUT2D eigenvalue weighted by atomic mass is 9.40. The summed E-state index contributed by atoms with van der Waals surface area (Å²) < 4.78 is 6.15. The van der Waals surface area contributed by atoms with Gasteiger partial charge in [-0.05, 0) is 94.5 Å². The van der Waals surface area contributed by atoms with Crippen molar-refractivity contribution in [2.75, 3.05) is 0 Å². The summed E-state index contributed by atoms with van der Waals surface area (Å²) in [4.78, 5) is 25.0. The second kappa shape index (κ2) is 6.72. The molecule has 0 heterocycles. The van der Waals surface area contributed by atoms with Crippen LogP contribution < -0.4 is 0 Å². The minimum absolute atomic E-state index is 0.0144. The van der Waals surface area contributed by atoms with Gasteiger partial charge in [0, 0.05) is 11.0 Å². The molecule has 7 atom stereocenters. The average Bonchev–Trinajstić information content (AvgIpc) is 2.87. The molecule has 0 aromatic carbocycles. The number of carbonyl (C=O) groups excluding carboxylic acids is 1. The third-order valence-electron chi connectivity index (χ3n) is 9.65. The van der Waals surface area contributed by atoms with Crippen LogP contribution in [0.3, 0.4) is 0 Å². The third-order valence-corrected chi connectivity index (χ3v) is 9.65. The highest BCUT2D eigenvalue weighted by molar-refractivity contribution is 5.88. The number of carboxylic acids is 1. The highest BCUT2D eigenvalue weighted by Gasteiger charge is 2.68. The fourth-order valence-electron chi connectivity index (χ4n) is 8.10. The molecule has 4 aliphatic rings. The van der Waals surface area contributed by atoms with E-state index >= 15 is 0 Å². The van der Waals surface area contributed by atoms with E-state index < -0.39 is 11.4 Å². The van der Waals surface area contributed by atoms with E-state index in [2.05, 4.69) is 13.5 Å². The first-order valence-corrected chi connectivity index (χ1v) is 11.4. The van der Waals surface area contributed by atoms with E-state index in [1.165, 1.54) is 0 Å². The Kier molecular flexibility index (Phi) is 4.79. The van der Waals surface area contributed by atoms with Gasteiger partial charge in [-0.2, -0.15) is 0 Å². The third kappa shape index (κ3) is 2.70. The Hall–Kier alpha value is -1.58. The number of carbonyl (C=O) groups is 2. The molecule has 4 rings (SSSR count). The summed E-state index contributed by atoms with van der Waals surface area (Å²) >= 11 is 0. The van der Waals surface area contributed by atoms with Crippen molar-refractivity contribution in [3.8, 4) is 0 Å². The molecule has 0 unspecified atom stereocenters. The lowest BCUT2D eigenvalue weighted by Gasteiger charge is -2.63.